The van der Waals surface area contributed by atoms with E-state index in [1.807, 2.05) is 48.5 Å². The van der Waals surface area contributed by atoms with Crippen LogP contribution in [-0.2, 0) is 0 Å². The zero-order chi connectivity index (χ0) is 14.5. The summed E-state index contributed by atoms with van der Waals surface area (Å²) < 4.78 is 0. The highest BCUT2D eigenvalue weighted by Crippen LogP contribution is 2.19. The first-order chi connectivity index (χ1) is 10.3. The Hall–Kier alpha value is -1.93. The molecule has 0 aromatic heterocycles. The third-order valence-electron chi connectivity index (χ3n) is 3.50. The van der Waals surface area contributed by atoms with E-state index in [-0.39, 0.29) is 5.50 Å². The Morgan fingerprint density at radius 2 is 1.48 bits per heavy atom. The second-order valence-corrected chi connectivity index (χ2v) is 5.57. The molecule has 2 aromatic rings. The highest BCUT2D eigenvalue weighted by molar-refractivity contribution is 6.22. The molecule has 2 nitrogen and oxygen atoms in total. The third-order valence-corrected chi connectivity index (χ3v) is 3.81. The molecule has 0 fully saturated rings. The third kappa shape index (κ3) is 3.59. The largest absolute Gasteiger partial charge is 0.247 e. The monoisotopic (exact) mass is 296 g/mol. The molecule has 3 heteroatoms. The van der Waals surface area contributed by atoms with E-state index in [4.69, 9.17) is 16.6 Å². The van der Waals surface area contributed by atoms with Crippen LogP contribution >= 0.6 is 11.6 Å². The zero-order valence-corrected chi connectivity index (χ0v) is 12.5. The molecule has 0 amide bonds. The van der Waals surface area contributed by atoms with E-state index in [1.165, 1.54) is 0 Å². The molecule has 0 N–H and O–H groups in total. The molecule has 1 heterocycles. The Kier molecular flexibility index (Phi) is 4.46. The Morgan fingerprint density at radius 1 is 0.857 bits per heavy atom. The van der Waals surface area contributed by atoms with Gasteiger partial charge in [-0.2, -0.15) is 0 Å². The summed E-state index contributed by atoms with van der Waals surface area (Å²) in [6, 6.07) is 20.3. The van der Waals surface area contributed by atoms with Crippen LogP contribution in [0.1, 0.15) is 30.4 Å². The first kappa shape index (κ1) is 14.0. The second-order valence-electron chi connectivity index (χ2n) is 5.07. The van der Waals surface area contributed by atoms with Crippen molar-refractivity contribution in [1.29, 1.82) is 0 Å². The fraction of sp³-hybridized carbons (Fsp3) is 0.222. The van der Waals surface area contributed by atoms with Crippen molar-refractivity contribution < 1.29 is 0 Å². The Balaban J connectivity index is 2.04. The van der Waals surface area contributed by atoms with Crippen LogP contribution < -0.4 is 0 Å². The van der Waals surface area contributed by atoms with Crippen molar-refractivity contribution in [3.05, 3.63) is 71.8 Å². The average molecular weight is 297 g/mol. The lowest BCUT2D eigenvalue weighted by Gasteiger charge is -2.14. The van der Waals surface area contributed by atoms with Crippen molar-refractivity contribution in [2.45, 2.75) is 24.8 Å². The van der Waals surface area contributed by atoms with Gasteiger partial charge in [-0.25, -0.2) is 9.98 Å². The van der Waals surface area contributed by atoms with Crippen LogP contribution in [0.15, 0.2) is 70.6 Å². The van der Waals surface area contributed by atoms with Crippen molar-refractivity contribution in [2.24, 2.45) is 9.98 Å². The normalized spacial score (nSPS) is 19.2. The summed E-state index contributed by atoms with van der Waals surface area (Å²) >= 11 is 6.28. The van der Waals surface area contributed by atoms with E-state index in [9.17, 15) is 0 Å². The van der Waals surface area contributed by atoms with E-state index in [1.54, 1.807) is 0 Å². The Morgan fingerprint density at radius 3 is 2.14 bits per heavy atom. The van der Waals surface area contributed by atoms with Crippen LogP contribution in [-0.4, -0.2) is 17.0 Å². The molecule has 0 aliphatic carbocycles. The number of alkyl halides is 1. The minimum Gasteiger partial charge on any atom is -0.247 e. The lowest BCUT2D eigenvalue weighted by Crippen LogP contribution is -2.13. The molecule has 21 heavy (non-hydrogen) atoms. The van der Waals surface area contributed by atoms with Crippen molar-refractivity contribution in [3.8, 4) is 0 Å². The van der Waals surface area contributed by atoms with Crippen molar-refractivity contribution in [1.82, 2.24) is 0 Å². The molecule has 1 atom stereocenters. The van der Waals surface area contributed by atoms with E-state index < -0.39 is 0 Å². The Labute approximate surface area is 130 Å². The van der Waals surface area contributed by atoms with Gasteiger partial charge in [0.2, 0.25) is 0 Å². The van der Waals surface area contributed by atoms with Gasteiger partial charge in [0.1, 0.15) is 5.50 Å². The van der Waals surface area contributed by atoms with Crippen LogP contribution in [0.2, 0.25) is 0 Å². The van der Waals surface area contributed by atoms with E-state index >= 15 is 0 Å². The van der Waals surface area contributed by atoms with Gasteiger partial charge in [-0.05, 0) is 24.8 Å². The van der Waals surface area contributed by atoms with E-state index in [2.05, 4.69) is 17.1 Å². The average Bonchev–Trinajstić information content (AvgIpc) is 2.52. The molecule has 3 rings (SSSR count). The molecule has 1 aliphatic heterocycles. The first-order valence-electron chi connectivity index (χ1n) is 7.23. The predicted molar refractivity (Wildman–Crippen MR) is 89.5 cm³/mol. The summed E-state index contributed by atoms with van der Waals surface area (Å²) in [7, 11) is 0. The smallest absolute Gasteiger partial charge is 0.156 e. The molecule has 0 radical (unpaired) electrons. The molecular weight excluding hydrogens is 280 g/mol. The molecule has 106 valence electrons. The lowest BCUT2D eigenvalue weighted by molar-refractivity contribution is 0.725. The summed E-state index contributed by atoms with van der Waals surface area (Å²) in [5, 5.41) is 0. The second kappa shape index (κ2) is 6.68. The van der Waals surface area contributed by atoms with Crippen molar-refractivity contribution in [3.63, 3.8) is 0 Å². The standard InChI is InChI=1S/C18H17ClN2/c19-17-13-7-12-16(14-8-3-1-4-9-14)20-18(21-17)15-10-5-2-6-11-15/h1-6,8-11,17H,7,12-13H2. The van der Waals surface area contributed by atoms with Gasteiger partial charge in [-0.3, -0.25) is 0 Å². The number of rotatable bonds is 2. The SMILES string of the molecule is ClC1CCCC(c2ccccc2)=NC(c2ccccc2)=N1. The molecule has 1 aliphatic rings. The molecule has 2 aromatic carbocycles. The van der Waals surface area contributed by atoms with Gasteiger partial charge < -0.3 is 0 Å². The fourth-order valence-corrected chi connectivity index (χ4v) is 2.66. The number of benzene rings is 2. The number of hydrogen-bond donors (Lipinski definition) is 0. The van der Waals surface area contributed by atoms with Gasteiger partial charge in [-0.15, -0.1) is 0 Å². The minimum atomic E-state index is -0.193. The maximum atomic E-state index is 6.28. The number of aliphatic imine (C=N–C) groups is 2. The van der Waals surface area contributed by atoms with Gasteiger partial charge in [0.25, 0.3) is 0 Å². The summed E-state index contributed by atoms with van der Waals surface area (Å²) in [5.41, 5.74) is 3.07. The summed E-state index contributed by atoms with van der Waals surface area (Å²) in [4.78, 5) is 9.39. The van der Waals surface area contributed by atoms with Gasteiger partial charge >= 0.3 is 0 Å². The molecule has 0 bridgehead atoms. The van der Waals surface area contributed by atoms with Gasteiger partial charge in [0, 0.05) is 5.56 Å². The highest BCUT2D eigenvalue weighted by atomic mass is 35.5. The lowest BCUT2D eigenvalue weighted by atomic mass is 10.0. The first-order valence-corrected chi connectivity index (χ1v) is 7.67. The molecule has 0 saturated heterocycles. The van der Waals surface area contributed by atoms with Crippen molar-refractivity contribution in [2.75, 3.05) is 0 Å². The fourth-order valence-electron chi connectivity index (χ4n) is 2.41. The number of halogens is 1. The van der Waals surface area contributed by atoms with Crippen LogP contribution in [0, 0.1) is 0 Å². The highest BCUT2D eigenvalue weighted by Gasteiger charge is 2.14. The van der Waals surface area contributed by atoms with Gasteiger partial charge in [0.05, 0.1) is 5.71 Å². The zero-order valence-electron chi connectivity index (χ0n) is 11.7. The quantitative estimate of drug-likeness (QED) is 0.568. The molecular formula is C18H17ClN2. The topological polar surface area (TPSA) is 24.7 Å². The van der Waals surface area contributed by atoms with Crippen LogP contribution in [0.3, 0.4) is 0 Å². The number of amidine groups is 1. The summed E-state index contributed by atoms with van der Waals surface area (Å²) in [5.74, 6) is 0.731. The van der Waals surface area contributed by atoms with Crippen LogP contribution in [0.4, 0.5) is 0 Å². The number of nitrogens with zero attached hydrogens (tertiary/aromatic N) is 2. The molecule has 1 unspecified atom stereocenters. The Bertz CT molecular complexity index is 647. The van der Waals surface area contributed by atoms with Crippen LogP contribution in [0.5, 0.6) is 0 Å². The van der Waals surface area contributed by atoms with E-state index in [0.29, 0.717) is 0 Å². The van der Waals surface area contributed by atoms with Crippen LogP contribution in [0.25, 0.3) is 0 Å². The van der Waals surface area contributed by atoms with Gasteiger partial charge in [-0.1, -0.05) is 72.3 Å². The summed E-state index contributed by atoms with van der Waals surface area (Å²) in [6.45, 7) is 0. The maximum absolute atomic E-state index is 6.28. The molecule has 0 spiro atoms. The number of hydrogen-bond acceptors (Lipinski definition) is 2. The minimum absolute atomic E-state index is 0.193. The van der Waals surface area contributed by atoms with Gasteiger partial charge in [0.15, 0.2) is 5.84 Å². The molecule has 0 saturated carbocycles. The predicted octanol–water partition coefficient (Wildman–Crippen LogP) is 4.67. The maximum Gasteiger partial charge on any atom is 0.156 e. The van der Waals surface area contributed by atoms with Crippen molar-refractivity contribution >= 4 is 23.1 Å². The summed E-state index contributed by atoms with van der Waals surface area (Å²) in [6.07, 6.45) is 2.82. The van der Waals surface area contributed by atoms with E-state index in [0.717, 1.165) is 41.9 Å².